The average molecular weight is 587 g/mol. The summed E-state index contributed by atoms with van der Waals surface area (Å²) >= 11 is 0. The summed E-state index contributed by atoms with van der Waals surface area (Å²) in [6, 6.07) is 11.8. The van der Waals surface area contributed by atoms with Crippen molar-refractivity contribution in [2.45, 2.75) is 37.5 Å². The number of rotatable bonds is 11. The number of alkyl halides is 3. The number of carbonyl (C=O) groups is 2. The highest BCUT2D eigenvalue weighted by Gasteiger charge is 2.38. The van der Waals surface area contributed by atoms with Gasteiger partial charge in [0.25, 0.3) is 0 Å². The van der Waals surface area contributed by atoms with Crippen LogP contribution >= 0.6 is 0 Å². The minimum absolute atomic E-state index is 0.0267. The van der Waals surface area contributed by atoms with Crippen LogP contribution in [-0.2, 0) is 22.2 Å². The molecule has 1 aromatic heterocycles. The van der Waals surface area contributed by atoms with E-state index in [2.05, 4.69) is 15.6 Å². The van der Waals surface area contributed by atoms with E-state index in [1.165, 1.54) is 18.3 Å². The average Bonchev–Trinajstić information content (AvgIpc) is 2.97. The maximum atomic E-state index is 13.4. The van der Waals surface area contributed by atoms with Gasteiger partial charge in [-0.1, -0.05) is 30.3 Å². The number of quaternary nitrogens is 1. The molecule has 2 heterocycles. The highest BCUT2D eigenvalue weighted by Crippen LogP contribution is 2.29. The molecule has 2 atom stereocenters. The number of pyridine rings is 1. The number of anilines is 1. The number of carbonyl (C=O) groups excluding carboxylic acids is 2. The number of nitrogens with zero attached hydrogens (tertiary/aromatic N) is 2. The van der Waals surface area contributed by atoms with E-state index in [4.69, 9.17) is 17.2 Å². The Morgan fingerprint density at radius 1 is 0.976 bits per heavy atom. The summed E-state index contributed by atoms with van der Waals surface area (Å²) in [6.07, 6.45) is -1.57. The van der Waals surface area contributed by atoms with Crippen molar-refractivity contribution in [3.05, 3.63) is 71.9 Å². The molecule has 0 spiro atoms. The fourth-order valence-corrected chi connectivity index (χ4v) is 5.73. The number of piperidine rings is 1. The molecular formula is C30H39F3N7O2+. The zero-order chi connectivity index (χ0) is 30.3. The van der Waals surface area contributed by atoms with Crippen LogP contribution in [0.2, 0.25) is 0 Å². The number of likely N-dealkylation sites (tertiary alicyclic amines) is 1. The lowest BCUT2D eigenvalue weighted by Gasteiger charge is -2.44. The number of fused-ring (bicyclic) bond motifs is 1. The summed E-state index contributed by atoms with van der Waals surface area (Å²) in [5, 5.41) is 6.38. The zero-order valence-corrected chi connectivity index (χ0v) is 23.4. The van der Waals surface area contributed by atoms with Gasteiger partial charge in [0.2, 0.25) is 11.8 Å². The Morgan fingerprint density at radius 3 is 2.24 bits per heavy atom. The van der Waals surface area contributed by atoms with Crippen LogP contribution in [0.5, 0.6) is 0 Å². The van der Waals surface area contributed by atoms with Crippen molar-refractivity contribution >= 4 is 28.4 Å². The Balaban J connectivity index is 1.48. The third-order valence-corrected chi connectivity index (χ3v) is 8.18. The highest BCUT2D eigenvalue weighted by molar-refractivity contribution is 5.99. The second-order valence-electron chi connectivity index (χ2n) is 11.0. The molecule has 226 valence electrons. The molecule has 0 saturated carbocycles. The van der Waals surface area contributed by atoms with Gasteiger partial charge < -0.3 is 32.3 Å². The van der Waals surface area contributed by atoms with Crippen molar-refractivity contribution in [1.29, 1.82) is 0 Å². The topological polar surface area (TPSA) is 149 Å². The van der Waals surface area contributed by atoms with E-state index < -0.39 is 35.6 Å². The minimum Gasteiger partial charge on any atom is -0.343 e. The molecule has 0 aliphatic carbocycles. The van der Waals surface area contributed by atoms with Crippen molar-refractivity contribution in [3.63, 3.8) is 0 Å². The van der Waals surface area contributed by atoms with Crippen molar-refractivity contribution in [3.8, 4) is 0 Å². The SMILES string of the molecule is NCC[N+]1(CCN)CCC([C@H](N)C(=O)N[C@@H](Cc2ccc(C(F)(F)F)cc2)C(=O)Nc2cnc3ccccc3c2)CC1. The van der Waals surface area contributed by atoms with Crippen molar-refractivity contribution < 1.29 is 27.2 Å². The first-order valence-corrected chi connectivity index (χ1v) is 14.2. The molecule has 4 rings (SSSR count). The highest BCUT2D eigenvalue weighted by atomic mass is 19.4. The Morgan fingerprint density at radius 2 is 1.62 bits per heavy atom. The number of amides is 2. The lowest BCUT2D eigenvalue weighted by molar-refractivity contribution is -0.931. The van der Waals surface area contributed by atoms with Crippen LogP contribution in [-0.4, -0.2) is 72.6 Å². The van der Waals surface area contributed by atoms with Gasteiger partial charge in [0.15, 0.2) is 0 Å². The molecule has 42 heavy (non-hydrogen) atoms. The van der Waals surface area contributed by atoms with E-state index in [0.29, 0.717) is 37.2 Å². The fourth-order valence-electron chi connectivity index (χ4n) is 5.73. The molecule has 9 nitrogen and oxygen atoms in total. The zero-order valence-electron chi connectivity index (χ0n) is 23.4. The van der Waals surface area contributed by atoms with Crippen molar-refractivity contribution in [2.24, 2.45) is 23.1 Å². The van der Waals surface area contributed by atoms with Gasteiger partial charge in [-0.15, -0.1) is 0 Å². The van der Waals surface area contributed by atoms with E-state index in [1.54, 1.807) is 6.07 Å². The minimum atomic E-state index is -4.48. The molecule has 1 aliphatic heterocycles. The van der Waals surface area contributed by atoms with Crippen LogP contribution in [0.15, 0.2) is 60.8 Å². The van der Waals surface area contributed by atoms with E-state index in [1.807, 2.05) is 24.3 Å². The van der Waals surface area contributed by atoms with Gasteiger partial charge >= 0.3 is 6.18 Å². The van der Waals surface area contributed by atoms with Gasteiger partial charge in [-0.3, -0.25) is 14.6 Å². The summed E-state index contributed by atoms with van der Waals surface area (Å²) in [6.45, 7) is 4.33. The number of hydrogen-bond donors (Lipinski definition) is 5. The predicted molar refractivity (Wildman–Crippen MR) is 156 cm³/mol. The first-order valence-electron chi connectivity index (χ1n) is 14.2. The summed E-state index contributed by atoms with van der Waals surface area (Å²) in [4.78, 5) is 31.1. The molecule has 8 N–H and O–H groups in total. The second-order valence-corrected chi connectivity index (χ2v) is 11.0. The summed E-state index contributed by atoms with van der Waals surface area (Å²) < 4.78 is 40.0. The van der Waals surface area contributed by atoms with Crippen LogP contribution in [0.25, 0.3) is 10.9 Å². The summed E-state index contributed by atoms with van der Waals surface area (Å²) in [7, 11) is 0. The van der Waals surface area contributed by atoms with E-state index in [9.17, 15) is 22.8 Å². The quantitative estimate of drug-likeness (QED) is 0.218. The van der Waals surface area contributed by atoms with Gasteiger partial charge in [0, 0.05) is 37.7 Å². The first kappa shape index (κ1) is 31.4. The monoisotopic (exact) mass is 586 g/mol. The molecule has 3 aromatic rings. The van der Waals surface area contributed by atoms with Crippen LogP contribution in [0.1, 0.15) is 24.0 Å². The van der Waals surface area contributed by atoms with Crippen LogP contribution < -0.4 is 27.8 Å². The van der Waals surface area contributed by atoms with Crippen LogP contribution in [0, 0.1) is 5.92 Å². The van der Waals surface area contributed by atoms with Crippen molar-refractivity contribution in [1.82, 2.24) is 10.3 Å². The lowest BCUT2D eigenvalue weighted by Crippen LogP contribution is -2.60. The molecule has 0 unspecified atom stereocenters. The Hall–Kier alpha value is -3.58. The van der Waals surface area contributed by atoms with Gasteiger partial charge in [0.05, 0.1) is 55.2 Å². The number of para-hydroxylation sites is 1. The molecule has 2 aromatic carbocycles. The van der Waals surface area contributed by atoms with E-state index >= 15 is 0 Å². The molecule has 0 radical (unpaired) electrons. The number of nitrogens with one attached hydrogen (secondary N) is 2. The molecule has 1 saturated heterocycles. The smallest absolute Gasteiger partial charge is 0.343 e. The normalized spacial score (nSPS) is 17.0. The Bertz CT molecular complexity index is 1350. The maximum Gasteiger partial charge on any atom is 0.416 e. The van der Waals surface area contributed by atoms with Gasteiger partial charge in [-0.2, -0.15) is 13.2 Å². The lowest BCUT2D eigenvalue weighted by atomic mass is 9.87. The number of nitrogens with two attached hydrogens (primary N) is 3. The van der Waals surface area contributed by atoms with Crippen molar-refractivity contribution in [2.75, 3.05) is 44.6 Å². The molecule has 12 heteroatoms. The molecule has 0 bridgehead atoms. The number of hydrogen-bond acceptors (Lipinski definition) is 6. The second kappa shape index (κ2) is 13.6. The Labute approximate surface area is 243 Å². The van der Waals surface area contributed by atoms with Crippen LogP contribution in [0.4, 0.5) is 18.9 Å². The largest absolute Gasteiger partial charge is 0.416 e. The maximum absolute atomic E-state index is 13.4. The standard InChI is InChI=1S/C30H38F3N7O2/c31-30(32,33)23-7-5-20(6-8-23)17-26(28(41)38-24-18-22-3-1-2-4-25(22)37-19-24)39-29(42)27(36)21-9-13-40(14-10-21,15-11-34)16-12-35/h1-8,18-19,21,26-27H,9-17,34-36H2,(H-,38,39,41,42)/p+1/t26-,27-/m0/s1. The van der Waals surface area contributed by atoms with Gasteiger partial charge in [-0.25, -0.2) is 0 Å². The van der Waals surface area contributed by atoms with Crippen LogP contribution in [0.3, 0.4) is 0 Å². The number of aromatic nitrogens is 1. The van der Waals surface area contributed by atoms with E-state index in [-0.39, 0.29) is 12.3 Å². The van der Waals surface area contributed by atoms with E-state index in [0.717, 1.165) is 53.7 Å². The molecular weight excluding hydrogens is 547 g/mol. The predicted octanol–water partition coefficient (Wildman–Crippen LogP) is 2.39. The van der Waals surface area contributed by atoms with Gasteiger partial charge in [-0.05, 0) is 35.7 Å². The molecule has 1 aliphatic rings. The summed E-state index contributed by atoms with van der Waals surface area (Å²) in [5.41, 5.74) is 18.9. The number of halogens is 3. The molecule has 2 amide bonds. The third kappa shape index (κ3) is 7.82. The first-order chi connectivity index (χ1) is 20.0. The number of benzene rings is 2. The Kier molecular flexibility index (Phi) is 10.2. The third-order valence-electron chi connectivity index (χ3n) is 8.18. The van der Waals surface area contributed by atoms with Gasteiger partial charge in [0.1, 0.15) is 6.04 Å². The summed E-state index contributed by atoms with van der Waals surface area (Å²) in [5.74, 6) is -1.11. The fraction of sp³-hybridized carbons (Fsp3) is 0.433. The molecule has 1 fully saturated rings.